The van der Waals surface area contributed by atoms with Gasteiger partial charge in [-0.15, -0.1) is 0 Å². The van der Waals surface area contributed by atoms with Crippen LogP contribution in [0.3, 0.4) is 0 Å². The lowest BCUT2D eigenvalue weighted by atomic mass is 10.1. The summed E-state index contributed by atoms with van der Waals surface area (Å²) >= 11 is 0. The second kappa shape index (κ2) is 10.3. The van der Waals surface area contributed by atoms with Gasteiger partial charge < -0.3 is 19.4 Å². The minimum atomic E-state index is -0.731. The zero-order chi connectivity index (χ0) is 26.0. The van der Waals surface area contributed by atoms with Crippen molar-refractivity contribution < 1.29 is 23.5 Å². The average Bonchev–Trinajstić information content (AvgIpc) is 3.24. The molecule has 36 heavy (non-hydrogen) atoms. The number of anilines is 2. The van der Waals surface area contributed by atoms with Crippen LogP contribution in [0, 0.1) is 5.82 Å². The summed E-state index contributed by atoms with van der Waals surface area (Å²) in [6.45, 7) is 7.64. The quantitative estimate of drug-likeness (QED) is 0.587. The molecule has 0 unspecified atom stereocenters. The van der Waals surface area contributed by atoms with Crippen molar-refractivity contribution in [1.29, 1.82) is 0 Å². The fraction of sp³-hybridized carbons (Fsp3) is 0.400. The van der Waals surface area contributed by atoms with Crippen LogP contribution in [0.2, 0.25) is 0 Å². The van der Waals surface area contributed by atoms with Gasteiger partial charge in [0.15, 0.2) is 6.23 Å². The molecule has 2 fully saturated rings. The first kappa shape index (κ1) is 25.1. The Hall–Kier alpha value is -4.02. The van der Waals surface area contributed by atoms with Crippen molar-refractivity contribution in [2.45, 2.75) is 27.0 Å². The van der Waals surface area contributed by atoms with Crippen molar-refractivity contribution in [1.82, 2.24) is 19.8 Å². The first-order chi connectivity index (χ1) is 17.1. The number of allylic oxidation sites excluding steroid dienone is 1. The van der Waals surface area contributed by atoms with Crippen LogP contribution < -0.4 is 9.80 Å². The Labute approximate surface area is 209 Å². The van der Waals surface area contributed by atoms with Crippen LogP contribution in [0.1, 0.15) is 20.8 Å². The Bertz CT molecular complexity index is 1190. The minimum Gasteiger partial charge on any atom is -0.423 e. The topological polar surface area (TPSA) is 99.2 Å². The number of carbonyl (C=O) groups is 3. The van der Waals surface area contributed by atoms with E-state index in [1.54, 1.807) is 42.6 Å². The Kier molecular flexibility index (Phi) is 7.18. The van der Waals surface area contributed by atoms with Gasteiger partial charge in [-0.25, -0.2) is 19.2 Å². The van der Waals surface area contributed by atoms with Crippen molar-refractivity contribution in [2.75, 3.05) is 49.6 Å². The molecule has 2 aliphatic rings. The Morgan fingerprint density at radius 2 is 1.78 bits per heavy atom. The number of halogens is 1. The summed E-state index contributed by atoms with van der Waals surface area (Å²) in [5.74, 6) is -0.246. The van der Waals surface area contributed by atoms with E-state index >= 15 is 4.39 Å². The van der Waals surface area contributed by atoms with Crippen LogP contribution in [-0.4, -0.2) is 83.7 Å². The molecule has 1 aromatic heterocycles. The Morgan fingerprint density at radius 3 is 2.36 bits per heavy atom. The zero-order valence-electron chi connectivity index (χ0n) is 20.8. The highest BCUT2D eigenvalue weighted by atomic mass is 19.1. The van der Waals surface area contributed by atoms with Crippen LogP contribution in [-0.2, 0) is 14.3 Å². The predicted octanol–water partition coefficient (Wildman–Crippen LogP) is 2.66. The number of rotatable bonds is 5. The van der Waals surface area contributed by atoms with E-state index in [4.69, 9.17) is 4.74 Å². The van der Waals surface area contributed by atoms with Gasteiger partial charge in [-0.3, -0.25) is 14.5 Å². The van der Waals surface area contributed by atoms with Gasteiger partial charge in [-0.2, -0.15) is 0 Å². The number of nitrogens with zero attached hydrogens (tertiary/aromatic N) is 6. The standard InChI is InChI=1S/C25H29FN6O4/c1-16(2)11-22(34)30-7-9-31(10-8-30)24-27-13-18(14-28-24)20-6-5-19(12-21(20)26)32-15-23(36-25(32)35)29(4)17(3)33/h5-6,11-14,23H,7-10,15H2,1-4H3/t23-/m0/s1. The molecule has 0 radical (unpaired) electrons. The van der Waals surface area contributed by atoms with Crippen LogP contribution >= 0.6 is 0 Å². The smallest absolute Gasteiger partial charge is 0.416 e. The maximum Gasteiger partial charge on any atom is 0.416 e. The normalized spacial score (nSPS) is 17.6. The largest absolute Gasteiger partial charge is 0.423 e. The number of likely N-dealkylation sites (N-methyl/N-ethyl adjacent to an activating group) is 1. The molecule has 1 atom stereocenters. The van der Waals surface area contributed by atoms with E-state index in [-0.39, 0.29) is 18.4 Å². The van der Waals surface area contributed by atoms with Gasteiger partial charge in [0.25, 0.3) is 0 Å². The molecule has 0 N–H and O–H groups in total. The molecule has 1 aromatic carbocycles. The molecule has 3 heterocycles. The van der Waals surface area contributed by atoms with Gasteiger partial charge in [-0.05, 0) is 32.0 Å². The molecule has 3 amide bonds. The molecule has 4 rings (SSSR count). The third-order valence-corrected chi connectivity index (χ3v) is 6.22. The van der Waals surface area contributed by atoms with Gasteiger partial charge >= 0.3 is 6.09 Å². The van der Waals surface area contributed by atoms with Crippen molar-refractivity contribution >= 4 is 29.5 Å². The van der Waals surface area contributed by atoms with Crippen LogP contribution in [0.15, 0.2) is 42.2 Å². The lowest BCUT2D eigenvalue weighted by molar-refractivity contribution is -0.134. The van der Waals surface area contributed by atoms with Crippen LogP contribution in [0.25, 0.3) is 11.1 Å². The molecule has 2 saturated heterocycles. The summed E-state index contributed by atoms with van der Waals surface area (Å²) in [7, 11) is 1.54. The number of piperazine rings is 1. The van der Waals surface area contributed by atoms with Crippen molar-refractivity contribution in [3.8, 4) is 11.1 Å². The number of benzene rings is 1. The highest BCUT2D eigenvalue weighted by molar-refractivity contribution is 5.90. The molecule has 0 bridgehead atoms. The summed E-state index contributed by atoms with van der Waals surface area (Å²) in [5, 5.41) is 0. The van der Waals surface area contributed by atoms with E-state index in [0.717, 1.165) is 5.57 Å². The fourth-order valence-electron chi connectivity index (χ4n) is 4.06. The zero-order valence-corrected chi connectivity index (χ0v) is 20.8. The molecule has 11 heteroatoms. The third-order valence-electron chi connectivity index (χ3n) is 6.22. The van der Waals surface area contributed by atoms with E-state index in [0.29, 0.717) is 48.9 Å². The second-order valence-corrected chi connectivity index (χ2v) is 9.05. The summed E-state index contributed by atoms with van der Waals surface area (Å²) < 4.78 is 20.2. The average molecular weight is 497 g/mol. The second-order valence-electron chi connectivity index (χ2n) is 9.05. The number of aromatic nitrogens is 2. The lowest BCUT2D eigenvalue weighted by Gasteiger charge is -2.34. The number of cyclic esters (lactones) is 1. The first-order valence-electron chi connectivity index (χ1n) is 11.7. The fourth-order valence-corrected chi connectivity index (χ4v) is 4.06. The summed E-state index contributed by atoms with van der Waals surface area (Å²) in [4.78, 5) is 51.2. The molecule has 0 aliphatic carbocycles. The minimum absolute atomic E-state index is 0.00780. The van der Waals surface area contributed by atoms with E-state index < -0.39 is 18.1 Å². The number of amides is 3. The molecule has 190 valence electrons. The number of carbonyl (C=O) groups excluding carboxylic acids is 3. The first-order valence-corrected chi connectivity index (χ1v) is 11.7. The van der Waals surface area contributed by atoms with Crippen molar-refractivity contribution in [2.24, 2.45) is 0 Å². The molecule has 10 nitrogen and oxygen atoms in total. The molecular formula is C25H29FN6O4. The van der Waals surface area contributed by atoms with E-state index in [2.05, 4.69) is 9.97 Å². The van der Waals surface area contributed by atoms with Gasteiger partial charge in [0.2, 0.25) is 17.8 Å². The number of hydrogen-bond acceptors (Lipinski definition) is 7. The van der Waals surface area contributed by atoms with Crippen LogP contribution in [0.5, 0.6) is 0 Å². The monoisotopic (exact) mass is 496 g/mol. The molecular weight excluding hydrogens is 467 g/mol. The SMILES string of the molecule is CC(=O)N(C)[C@@H]1CN(c2ccc(-c3cnc(N4CCN(C(=O)C=C(C)C)CC4)nc3)c(F)c2)C(=O)O1. The van der Waals surface area contributed by atoms with Gasteiger partial charge in [0.05, 0.1) is 12.2 Å². The summed E-state index contributed by atoms with van der Waals surface area (Å²) in [6, 6.07) is 4.43. The van der Waals surface area contributed by atoms with Gasteiger partial charge in [0, 0.05) is 69.7 Å². The number of hydrogen-bond donors (Lipinski definition) is 0. The predicted molar refractivity (Wildman–Crippen MR) is 132 cm³/mol. The Morgan fingerprint density at radius 1 is 1.11 bits per heavy atom. The molecule has 2 aromatic rings. The highest BCUT2D eigenvalue weighted by Crippen LogP contribution is 2.29. The summed E-state index contributed by atoms with van der Waals surface area (Å²) in [6.07, 6.45) is 3.38. The highest BCUT2D eigenvalue weighted by Gasteiger charge is 2.36. The Balaban J connectivity index is 1.42. The maximum atomic E-state index is 15.0. The number of ether oxygens (including phenoxy) is 1. The van der Waals surface area contributed by atoms with E-state index in [1.807, 2.05) is 18.7 Å². The summed E-state index contributed by atoms with van der Waals surface area (Å²) in [5.41, 5.74) is 2.09. The van der Waals surface area contributed by atoms with Crippen molar-refractivity contribution in [3.05, 3.63) is 48.1 Å². The van der Waals surface area contributed by atoms with Gasteiger partial charge in [0.1, 0.15) is 5.82 Å². The van der Waals surface area contributed by atoms with Crippen molar-refractivity contribution in [3.63, 3.8) is 0 Å². The lowest BCUT2D eigenvalue weighted by Crippen LogP contribution is -2.48. The molecule has 0 saturated carbocycles. The maximum absolute atomic E-state index is 15.0. The molecule has 2 aliphatic heterocycles. The van der Waals surface area contributed by atoms with Crippen LogP contribution in [0.4, 0.5) is 20.8 Å². The van der Waals surface area contributed by atoms with E-state index in [9.17, 15) is 14.4 Å². The molecule has 0 spiro atoms. The van der Waals surface area contributed by atoms with Gasteiger partial charge in [-0.1, -0.05) is 5.57 Å². The third kappa shape index (κ3) is 5.29. The van der Waals surface area contributed by atoms with E-state index in [1.165, 1.54) is 22.8 Å².